The summed E-state index contributed by atoms with van der Waals surface area (Å²) >= 11 is 0. The fourth-order valence-electron chi connectivity index (χ4n) is 0.803. The van der Waals surface area contributed by atoms with E-state index in [-0.39, 0.29) is 31.0 Å². The number of hydrogen-bond acceptors (Lipinski definition) is 2. The van der Waals surface area contributed by atoms with Crippen molar-refractivity contribution in [2.45, 2.75) is 0 Å². The molecule has 0 aliphatic rings. The molecule has 0 saturated heterocycles. The summed E-state index contributed by atoms with van der Waals surface area (Å²) in [5.74, 6) is 0. The molecule has 2 rings (SSSR count). The van der Waals surface area contributed by atoms with Crippen LogP contribution in [0.5, 0.6) is 0 Å². The normalized spacial score (nSPS) is 9.20. The van der Waals surface area contributed by atoms with Crippen molar-refractivity contribution >= 4 is 11.1 Å². The van der Waals surface area contributed by atoms with Crippen LogP contribution in [-0.4, -0.2) is 4.98 Å². The van der Waals surface area contributed by atoms with Crippen LogP contribution in [0.3, 0.4) is 0 Å². The zero-order valence-corrected chi connectivity index (χ0v) is 7.74. The molecule has 1 heterocycles. The van der Waals surface area contributed by atoms with Crippen LogP contribution >= 0.6 is 0 Å². The number of aromatic nitrogens is 1. The predicted octanol–water partition coefficient (Wildman–Crippen LogP) is -1.06. The fraction of sp³-hybridized carbons (Fsp3) is 0. The predicted molar refractivity (Wildman–Crippen MR) is 35.1 cm³/mol. The fourth-order valence-corrected chi connectivity index (χ4v) is 0.803. The Hall–Kier alpha value is -0.310. The van der Waals surface area contributed by atoms with Crippen LogP contribution in [0.2, 0.25) is 0 Å². The first-order chi connectivity index (χ1) is 4.47. The first-order valence-corrected chi connectivity index (χ1v) is 2.75. The van der Waals surface area contributed by atoms with Gasteiger partial charge in [0.15, 0.2) is 12.0 Å². The average Bonchev–Trinajstić information content (AvgIpc) is 2.33. The molecule has 0 atom stereocenters. The zero-order chi connectivity index (χ0) is 6.10. The molecule has 1 aromatic carbocycles. The molecule has 0 radical (unpaired) electrons. The minimum atomic E-state index is 0. The molecule has 10 heavy (non-hydrogen) atoms. The van der Waals surface area contributed by atoms with Crippen LogP contribution in [0.15, 0.2) is 35.1 Å². The van der Waals surface area contributed by atoms with Gasteiger partial charge >= 0.3 is 29.6 Å². The van der Waals surface area contributed by atoms with E-state index in [0.29, 0.717) is 0 Å². The summed E-state index contributed by atoms with van der Waals surface area (Å²) in [7, 11) is 0. The van der Waals surface area contributed by atoms with Gasteiger partial charge in [-0.25, -0.2) is 4.98 Å². The second kappa shape index (κ2) is 3.19. The Morgan fingerprint density at radius 2 is 2.10 bits per heavy atom. The van der Waals surface area contributed by atoms with E-state index >= 15 is 0 Å². The maximum atomic E-state index is 5.01. The quantitative estimate of drug-likeness (QED) is 0.439. The Morgan fingerprint density at radius 1 is 1.30 bits per heavy atom. The Kier molecular flexibility index (Phi) is 2.49. The molecule has 0 amide bonds. The van der Waals surface area contributed by atoms with Gasteiger partial charge in [-0.05, 0) is 12.1 Å². The van der Waals surface area contributed by atoms with Crippen LogP contribution in [0.1, 0.15) is 1.43 Å². The summed E-state index contributed by atoms with van der Waals surface area (Å²) in [5.41, 5.74) is 1.76. The summed E-state index contributed by atoms with van der Waals surface area (Å²) in [4.78, 5) is 3.95. The molecule has 0 unspecified atom stereocenters. The van der Waals surface area contributed by atoms with Crippen molar-refractivity contribution in [3.05, 3.63) is 30.7 Å². The molecule has 0 N–H and O–H groups in total. The SMILES string of the molecule is [H-].[Na+].c1ccc2ocnc2c1. The van der Waals surface area contributed by atoms with Gasteiger partial charge in [-0.2, -0.15) is 0 Å². The summed E-state index contributed by atoms with van der Waals surface area (Å²) in [6, 6.07) is 7.67. The Labute approximate surface area is 82.0 Å². The van der Waals surface area contributed by atoms with Crippen molar-refractivity contribution in [2.75, 3.05) is 0 Å². The first-order valence-electron chi connectivity index (χ1n) is 2.75. The maximum absolute atomic E-state index is 5.01. The minimum Gasteiger partial charge on any atom is -1.00 e. The molecule has 0 aliphatic heterocycles. The Balaban J connectivity index is 0.000000500. The molecule has 0 bridgehead atoms. The van der Waals surface area contributed by atoms with E-state index in [4.69, 9.17) is 4.42 Å². The molecule has 0 spiro atoms. The Morgan fingerprint density at radius 3 is 2.90 bits per heavy atom. The summed E-state index contributed by atoms with van der Waals surface area (Å²) in [6.45, 7) is 0. The van der Waals surface area contributed by atoms with Crippen molar-refractivity contribution < 1.29 is 35.4 Å². The Bertz CT molecular complexity index is 292. The molecule has 0 saturated carbocycles. The molecule has 0 fully saturated rings. The van der Waals surface area contributed by atoms with Gasteiger partial charge in [0.2, 0.25) is 0 Å². The third-order valence-electron chi connectivity index (χ3n) is 1.24. The number of fused-ring (bicyclic) bond motifs is 1. The van der Waals surface area contributed by atoms with E-state index in [0.717, 1.165) is 11.1 Å². The molecule has 46 valence electrons. The molecular weight excluding hydrogens is 137 g/mol. The van der Waals surface area contributed by atoms with Gasteiger partial charge in [0.25, 0.3) is 0 Å². The number of benzene rings is 1. The number of nitrogens with zero attached hydrogens (tertiary/aromatic N) is 1. The van der Waals surface area contributed by atoms with Crippen LogP contribution in [0.4, 0.5) is 0 Å². The van der Waals surface area contributed by atoms with Crippen molar-refractivity contribution in [1.29, 1.82) is 0 Å². The van der Waals surface area contributed by atoms with Gasteiger partial charge in [-0.15, -0.1) is 0 Å². The van der Waals surface area contributed by atoms with E-state index in [1.54, 1.807) is 0 Å². The third kappa shape index (κ3) is 1.24. The van der Waals surface area contributed by atoms with Gasteiger partial charge in [0, 0.05) is 0 Å². The summed E-state index contributed by atoms with van der Waals surface area (Å²) < 4.78 is 5.01. The zero-order valence-electron chi connectivity index (χ0n) is 6.74. The summed E-state index contributed by atoms with van der Waals surface area (Å²) in [5, 5.41) is 0. The summed E-state index contributed by atoms with van der Waals surface area (Å²) in [6.07, 6.45) is 1.45. The average molecular weight is 143 g/mol. The number of rotatable bonds is 0. The van der Waals surface area contributed by atoms with Gasteiger partial charge in [0.05, 0.1) is 0 Å². The van der Waals surface area contributed by atoms with Crippen LogP contribution in [-0.2, 0) is 0 Å². The van der Waals surface area contributed by atoms with Gasteiger partial charge in [-0.3, -0.25) is 0 Å². The number of para-hydroxylation sites is 2. The van der Waals surface area contributed by atoms with Gasteiger partial charge < -0.3 is 5.84 Å². The molecular formula is C7H6NNaO. The van der Waals surface area contributed by atoms with E-state index in [9.17, 15) is 0 Å². The smallest absolute Gasteiger partial charge is 1.00 e. The molecule has 2 nitrogen and oxygen atoms in total. The topological polar surface area (TPSA) is 26.0 Å². The third-order valence-corrected chi connectivity index (χ3v) is 1.24. The molecule has 0 aliphatic carbocycles. The second-order valence-electron chi connectivity index (χ2n) is 1.82. The van der Waals surface area contributed by atoms with Crippen LogP contribution in [0.25, 0.3) is 11.1 Å². The van der Waals surface area contributed by atoms with Crippen molar-refractivity contribution in [2.24, 2.45) is 0 Å². The largest absolute Gasteiger partial charge is 1.00 e. The first kappa shape index (κ1) is 7.79. The van der Waals surface area contributed by atoms with Crippen LogP contribution in [0, 0.1) is 0 Å². The standard InChI is InChI=1S/C7H5NO.Na.H/c1-2-4-7-6(3-1)8-5-9-7;;/h1-5H;;/q;+1;-1. The van der Waals surface area contributed by atoms with Crippen LogP contribution < -0.4 is 29.6 Å². The van der Waals surface area contributed by atoms with Crippen molar-refractivity contribution in [3.8, 4) is 0 Å². The van der Waals surface area contributed by atoms with E-state index in [1.807, 2.05) is 24.3 Å². The van der Waals surface area contributed by atoms with E-state index in [2.05, 4.69) is 4.98 Å². The van der Waals surface area contributed by atoms with E-state index < -0.39 is 0 Å². The van der Waals surface area contributed by atoms with Gasteiger partial charge in [-0.1, -0.05) is 12.1 Å². The monoisotopic (exact) mass is 143 g/mol. The van der Waals surface area contributed by atoms with E-state index in [1.165, 1.54) is 6.39 Å². The maximum Gasteiger partial charge on any atom is 1.00 e. The van der Waals surface area contributed by atoms with Crippen molar-refractivity contribution in [3.63, 3.8) is 0 Å². The molecule has 1 aromatic heterocycles. The molecule has 3 heteroatoms. The number of oxazole rings is 1. The second-order valence-corrected chi connectivity index (χ2v) is 1.82. The van der Waals surface area contributed by atoms with Gasteiger partial charge in [0.1, 0.15) is 5.52 Å². The van der Waals surface area contributed by atoms with Crippen molar-refractivity contribution in [1.82, 2.24) is 4.98 Å². The minimum absolute atomic E-state index is 0. The molecule has 2 aromatic rings. The number of hydrogen-bond donors (Lipinski definition) is 0.